The van der Waals surface area contributed by atoms with Gasteiger partial charge in [-0.05, 0) is 31.0 Å². The topological polar surface area (TPSA) is 20.2 Å². The van der Waals surface area contributed by atoms with E-state index < -0.39 is 5.60 Å². The Labute approximate surface area is 95.7 Å². The number of hydrogen-bond donors (Lipinski definition) is 1. The Morgan fingerprint density at radius 1 is 1.40 bits per heavy atom. The second-order valence-corrected chi connectivity index (χ2v) is 4.17. The third kappa shape index (κ3) is 4.32. The number of benzene rings is 1. The summed E-state index contributed by atoms with van der Waals surface area (Å²) >= 11 is 5.76. The molecule has 0 aliphatic heterocycles. The van der Waals surface area contributed by atoms with Gasteiger partial charge in [-0.15, -0.1) is 6.58 Å². The molecule has 1 nitrogen and oxygen atoms in total. The van der Waals surface area contributed by atoms with Crippen molar-refractivity contribution in [3.63, 3.8) is 0 Å². The molecular formula is C13H15ClO. The van der Waals surface area contributed by atoms with Gasteiger partial charge in [0.1, 0.15) is 0 Å². The molecule has 1 aromatic rings. The fraction of sp³-hybridized carbons (Fsp3) is 0.231. The monoisotopic (exact) mass is 222 g/mol. The molecule has 80 valence electrons. The maximum absolute atomic E-state index is 9.85. The highest BCUT2D eigenvalue weighted by Crippen LogP contribution is 2.15. The first-order valence-corrected chi connectivity index (χ1v) is 5.19. The van der Waals surface area contributed by atoms with Gasteiger partial charge in [0.05, 0.1) is 5.60 Å². The molecule has 0 aliphatic carbocycles. The van der Waals surface area contributed by atoms with Gasteiger partial charge in [0.25, 0.3) is 0 Å². The highest BCUT2D eigenvalue weighted by Gasteiger charge is 2.12. The summed E-state index contributed by atoms with van der Waals surface area (Å²) in [6, 6.07) is 7.46. The van der Waals surface area contributed by atoms with E-state index in [9.17, 15) is 5.11 Å². The van der Waals surface area contributed by atoms with Crippen molar-refractivity contribution in [2.75, 3.05) is 0 Å². The summed E-state index contributed by atoms with van der Waals surface area (Å²) in [4.78, 5) is 0. The number of aliphatic hydroxyl groups is 1. The molecule has 0 saturated carbocycles. The molecular weight excluding hydrogens is 208 g/mol. The normalized spacial score (nSPS) is 15.1. The number of halogens is 1. The van der Waals surface area contributed by atoms with Gasteiger partial charge in [-0.2, -0.15) is 0 Å². The average molecular weight is 223 g/mol. The summed E-state index contributed by atoms with van der Waals surface area (Å²) in [5.41, 5.74) is 0.185. The van der Waals surface area contributed by atoms with E-state index in [0.717, 1.165) is 5.56 Å². The van der Waals surface area contributed by atoms with Crippen LogP contribution in [0.2, 0.25) is 5.02 Å². The zero-order chi connectivity index (χ0) is 11.3. The molecule has 15 heavy (non-hydrogen) atoms. The van der Waals surface area contributed by atoms with Crippen molar-refractivity contribution in [3.8, 4) is 0 Å². The summed E-state index contributed by atoms with van der Waals surface area (Å²) in [5, 5.41) is 10.6. The van der Waals surface area contributed by atoms with Crippen LogP contribution >= 0.6 is 11.6 Å². The van der Waals surface area contributed by atoms with Crippen LogP contribution in [0.4, 0.5) is 0 Å². The first-order valence-electron chi connectivity index (χ1n) is 4.81. The molecule has 0 radical (unpaired) electrons. The van der Waals surface area contributed by atoms with E-state index in [2.05, 4.69) is 6.58 Å². The summed E-state index contributed by atoms with van der Waals surface area (Å²) in [6.07, 6.45) is 5.88. The third-order valence-corrected chi connectivity index (χ3v) is 2.31. The van der Waals surface area contributed by atoms with Gasteiger partial charge in [-0.3, -0.25) is 0 Å². The van der Waals surface area contributed by atoms with Crippen LogP contribution in [0, 0.1) is 0 Å². The van der Waals surface area contributed by atoms with Crippen molar-refractivity contribution < 1.29 is 5.11 Å². The molecule has 2 heteroatoms. The summed E-state index contributed by atoms with van der Waals surface area (Å²) in [6.45, 7) is 5.35. The molecule has 0 bridgehead atoms. The van der Waals surface area contributed by atoms with Crippen LogP contribution in [0.15, 0.2) is 43.0 Å². The molecule has 0 spiro atoms. The fourth-order valence-electron chi connectivity index (χ4n) is 1.21. The van der Waals surface area contributed by atoms with Gasteiger partial charge in [0.15, 0.2) is 0 Å². The van der Waals surface area contributed by atoms with Gasteiger partial charge < -0.3 is 5.11 Å². The molecule has 0 saturated heterocycles. The van der Waals surface area contributed by atoms with E-state index in [4.69, 9.17) is 11.6 Å². The summed E-state index contributed by atoms with van der Waals surface area (Å²) in [5.74, 6) is 0. The predicted octanol–water partition coefficient (Wildman–Crippen LogP) is 3.68. The standard InChI is InChI=1S/C13H15ClO/c1-3-9-13(2,15)10-8-11-4-6-12(14)7-5-11/h3-8,10,15H,1,9H2,2H3/b10-8+. The average Bonchev–Trinajstić information content (AvgIpc) is 2.17. The van der Waals surface area contributed by atoms with Crippen molar-refractivity contribution in [1.29, 1.82) is 0 Å². The Hall–Kier alpha value is -1.05. The van der Waals surface area contributed by atoms with Crippen LogP contribution in [0.5, 0.6) is 0 Å². The Morgan fingerprint density at radius 3 is 2.53 bits per heavy atom. The van der Waals surface area contributed by atoms with Crippen molar-refractivity contribution >= 4 is 17.7 Å². The van der Waals surface area contributed by atoms with Crippen LogP contribution in [-0.4, -0.2) is 10.7 Å². The first-order chi connectivity index (χ1) is 7.03. The molecule has 1 N–H and O–H groups in total. The minimum Gasteiger partial charge on any atom is -0.386 e. The van der Waals surface area contributed by atoms with Gasteiger partial charge in [0, 0.05) is 5.02 Å². The Balaban J connectivity index is 2.72. The second-order valence-electron chi connectivity index (χ2n) is 3.73. The molecule has 1 rings (SSSR count). The zero-order valence-corrected chi connectivity index (χ0v) is 9.54. The molecule has 1 unspecified atom stereocenters. The van der Waals surface area contributed by atoms with E-state index >= 15 is 0 Å². The molecule has 0 amide bonds. The number of rotatable bonds is 4. The van der Waals surface area contributed by atoms with E-state index in [1.807, 2.05) is 30.3 Å². The maximum atomic E-state index is 9.85. The minimum atomic E-state index is -0.832. The van der Waals surface area contributed by atoms with Crippen molar-refractivity contribution in [3.05, 3.63) is 53.6 Å². The van der Waals surface area contributed by atoms with Gasteiger partial charge in [0.2, 0.25) is 0 Å². The van der Waals surface area contributed by atoms with Crippen LogP contribution < -0.4 is 0 Å². The predicted molar refractivity (Wildman–Crippen MR) is 65.9 cm³/mol. The van der Waals surface area contributed by atoms with E-state index in [-0.39, 0.29) is 0 Å². The molecule has 1 atom stereocenters. The fourth-order valence-corrected chi connectivity index (χ4v) is 1.34. The second kappa shape index (κ2) is 5.15. The summed E-state index contributed by atoms with van der Waals surface area (Å²) < 4.78 is 0. The van der Waals surface area contributed by atoms with Gasteiger partial charge in [-0.1, -0.05) is 42.0 Å². The zero-order valence-electron chi connectivity index (χ0n) is 8.78. The lowest BCUT2D eigenvalue weighted by molar-refractivity contribution is 0.116. The Bertz CT molecular complexity index is 349. The molecule has 0 aromatic heterocycles. The largest absolute Gasteiger partial charge is 0.386 e. The van der Waals surface area contributed by atoms with Crippen LogP contribution in [0.3, 0.4) is 0 Å². The van der Waals surface area contributed by atoms with Crippen LogP contribution in [-0.2, 0) is 0 Å². The smallest absolute Gasteiger partial charge is 0.0837 e. The van der Waals surface area contributed by atoms with E-state index in [1.165, 1.54) is 0 Å². The van der Waals surface area contributed by atoms with Crippen LogP contribution in [0.1, 0.15) is 18.9 Å². The lowest BCUT2D eigenvalue weighted by Gasteiger charge is -2.15. The van der Waals surface area contributed by atoms with Crippen molar-refractivity contribution in [1.82, 2.24) is 0 Å². The molecule has 0 heterocycles. The van der Waals surface area contributed by atoms with Gasteiger partial charge in [-0.25, -0.2) is 0 Å². The highest BCUT2D eigenvalue weighted by atomic mass is 35.5. The Kier molecular flexibility index (Phi) is 4.13. The first kappa shape index (κ1) is 12.0. The van der Waals surface area contributed by atoms with Crippen molar-refractivity contribution in [2.45, 2.75) is 18.9 Å². The quantitative estimate of drug-likeness (QED) is 0.771. The third-order valence-electron chi connectivity index (χ3n) is 2.06. The highest BCUT2D eigenvalue weighted by molar-refractivity contribution is 6.30. The SMILES string of the molecule is C=CCC(C)(O)/C=C/c1ccc(Cl)cc1. The minimum absolute atomic E-state index is 0.539. The van der Waals surface area contributed by atoms with Crippen molar-refractivity contribution in [2.24, 2.45) is 0 Å². The molecule has 0 fully saturated rings. The van der Waals surface area contributed by atoms with E-state index in [1.54, 1.807) is 19.1 Å². The lowest BCUT2D eigenvalue weighted by Crippen LogP contribution is -2.18. The Morgan fingerprint density at radius 2 is 2.00 bits per heavy atom. The number of hydrogen-bond acceptors (Lipinski definition) is 1. The molecule has 1 aromatic carbocycles. The van der Waals surface area contributed by atoms with Gasteiger partial charge >= 0.3 is 0 Å². The lowest BCUT2D eigenvalue weighted by atomic mass is 10.0. The van der Waals surface area contributed by atoms with E-state index in [0.29, 0.717) is 11.4 Å². The maximum Gasteiger partial charge on any atom is 0.0837 e. The van der Waals surface area contributed by atoms with Crippen LogP contribution in [0.25, 0.3) is 6.08 Å². The molecule has 0 aliphatic rings. The summed E-state index contributed by atoms with van der Waals surface area (Å²) in [7, 11) is 0.